The third-order valence-corrected chi connectivity index (χ3v) is 3.30. The minimum atomic E-state index is -0.406. The maximum absolute atomic E-state index is 12.3. The van der Waals surface area contributed by atoms with Gasteiger partial charge in [0.1, 0.15) is 6.04 Å². The highest BCUT2D eigenvalue weighted by atomic mass is 16.5. The molecule has 7 heteroatoms. The summed E-state index contributed by atoms with van der Waals surface area (Å²) in [6.45, 7) is 9.17. The van der Waals surface area contributed by atoms with Crippen molar-refractivity contribution in [2.75, 3.05) is 5.32 Å². The van der Waals surface area contributed by atoms with Crippen LogP contribution in [0.1, 0.15) is 62.7 Å². The van der Waals surface area contributed by atoms with E-state index < -0.39 is 6.04 Å². The predicted molar refractivity (Wildman–Crippen MR) is 89.6 cm³/mol. The predicted octanol–water partition coefficient (Wildman–Crippen LogP) is 2.82. The second-order valence-electron chi connectivity index (χ2n) is 6.66. The molecule has 24 heavy (non-hydrogen) atoms. The smallest absolute Gasteiger partial charge is 0.251 e. The van der Waals surface area contributed by atoms with Crippen molar-refractivity contribution in [2.24, 2.45) is 0 Å². The van der Waals surface area contributed by atoms with Crippen LogP contribution >= 0.6 is 0 Å². The average Bonchev–Trinajstić information content (AvgIpc) is 2.97. The molecule has 0 fully saturated rings. The summed E-state index contributed by atoms with van der Waals surface area (Å²) in [6, 6.07) is 6.22. The molecule has 0 radical (unpaired) electrons. The van der Waals surface area contributed by atoms with Crippen LogP contribution in [0.4, 0.5) is 5.69 Å². The molecule has 0 aliphatic heterocycles. The van der Waals surface area contributed by atoms with Gasteiger partial charge >= 0.3 is 0 Å². The van der Waals surface area contributed by atoms with Gasteiger partial charge in [-0.05, 0) is 31.2 Å². The summed E-state index contributed by atoms with van der Waals surface area (Å²) >= 11 is 0. The van der Waals surface area contributed by atoms with Gasteiger partial charge in [0.2, 0.25) is 11.8 Å². The minimum absolute atomic E-state index is 0.160. The van der Waals surface area contributed by atoms with Crippen LogP contribution < -0.4 is 10.6 Å². The summed E-state index contributed by atoms with van der Waals surface area (Å²) in [5, 5.41) is 9.42. The van der Waals surface area contributed by atoms with Crippen LogP contribution in [0, 0.1) is 0 Å². The van der Waals surface area contributed by atoms with Crippen molar-refractivity contribution in [1.82, 2.24) is 15.5 Å². The van der Waals surface area contributed by atoms with Gasteiger partial charge in [-0.1, -0.05) is 25.9 Å². The zero-order valence-electron chi connectivity index (χ0n) is 14.5. The first kappa shape index (κ1) is 17.7. The molecule has 0 aliphatic rings. The third kappa shape index (κ3) is 4.41. The number of amides is 2. The quantitative estimate of drug-likeness (QED) is 0.898. The lowest BCUT2D eigenvalue weighted by Crippen LogP contribution is -2.27. The molecular weight excluding hydrogens is 308 g/mol. The number of benzene rings is 1. The normalized spacial score (nSPS) is 12.5. The van der Waals surface area contributed by atoms with Gasteiger partial charge in [0.05, 0.1) is 0 Å². The number of hydrogen-bond donors (Lipinski definition) is 2. The monoisotopic (exact) mass is 330 g/mol. The lowest BCUT2D eigenvalue weighted by molar-refractivity contribution is -0.114. The standard InChI is InChI=1S/C17H22N4O3/c1-10(15-20-16(21-24-15)17(3,4)5)18-14(23)12-6-8-13(9-7-12)19-11(2)22/h6-10H,1-5H3,(H,18,23)(H,19,22). The summed E-state index contributed by atoms with van der Waals surface area (Å²) < 4.78 is 5.23. The number of nitrogens with one attached hydrogen (secondary N) is 2. The fourth-order valence-electron chi connectivity index (χ4n) is 1.97. The Morgan fingerprint density at radius 1 is 1.17 bits per heavy atom. The Hall–Kier alpha value is -2.70. The Labute approximate surface area is 140 Å². The van der Waals surface area contributed by atoms with Crippen LogP contribution in [-0.2, 0) is 10.2 Å². The molecule has 0 spiro atoms. The Balaban J connectivity index is 2.03. The van der Waals surface area contributed by atoms with Gasteiger partial charge < -0.3 is 15.2 Å². The van der Waals surface area contributed by atoms with Gasteiger partial charge in [0.25, 0.3) is 5.91 Å². The van der Waals surface area contributed by atoms with Crippen molar-refractivity contribution < 1.29 is 14.1 Å². The van der Waals surface area contributed by atoms with Crippen LogP contribution in [0.3, 0.4) is 0 Å². The summed E-state index contributed by atoms with van der Waals surface area (Å²) in [5.41, 5.74) is 0.899. The molecule has 0 saturated heterocycles. The van der Waals surface area contributed by atoms with Gasteiger partial charge in [-0.25, -0.2) is 0 Å². The zero-order chi connectivity index (χ0) is 17.9. The largest absolute Gasteiger partial charge is 0.341 e. The highest BCUT2D eigenvalue weighted by Crippen LogP contribution is 2.21. The van der Waals surface area contributed by atoms with Crippen molar-refractivity contribution in [3.63, 3.8) is 0 Å². The van der Waals surface area contributed by atoms with Crippen molar-refractivity contribution in [1.29, 1.82) is 0 Å². The molecule has 1 heterocycles. The van der Waals surface area contributed by atoms with E-state index in [0.717, 1.165) is 0 Å². The van der Waals surface area contributed by atoms with Gasteiger partial charge in [-0.15, -0.1) is 0 Å². The molecule has 2 amide bonds. The molecule has 7 nitrogen and oxygen atoms in total. The van der Waals surface area contributed by atoms with E-state index in [9.17, 15) is 9.59 Å². The highest BCUT2D eigenvalue weighted by molar-refractivity contribution is 5.95. The van der Waals surface area contributed by atoms with E-state index in [-0.39, 0.29) is 17.2 Å². The van der Waals surface area contributed by atoms with Gasteiger partial charge in [-0.2, -0.15) is 4.98 Å². The highest BCUT2D eigenvalue weighted by Gasteiger charge is 2.24. The Morgan fingerprint density at radius 2 is 1.79 bits per heavy atom. The fraction of sp³-hybridized carbons (Fsp3) is 0.412. The van der Waals surface area contributed by atoms with E-state index in [4.69, 9.17) is 4.52 Å². The molecule has 2 aromatic rings. The number of aromatic nitrogens is 2. The van der Waals surface area contributed by atoms with Crippen molar-refractivity contribution in [2.45, 2.75) is 46.1 Å². The number of carbonyl (C=O) groups excluding carboxylic acids is 2. The number of hydrogen-bond acceptors (Lipinski definition) is 5. The zero-order valence-corrected chi connectivity index (χ0v) is 14.5. The van der Waals surface area contributed by atoms with Crippen molar-refractivity contribution >= 4 is 17.5 Å². The fourth-order valence-corrected chi connectivity index (χ4v) is 1.97. The molecule has 1 aromatic heterocycles. The molecule has 0 saturated carbocycles. The topological polar surface area (TPSA) is 97.1 Å². The number of anilines is 1. The molecule has 2 rings (SSSR count). The summed E-state index contributed by atoms with van der Waals surface area (Å²) in [7, 11) is 0. The summed E-state index contributed by atoms with van der Waals surface area (Å²) in [4.78, 5) is 27.6. The van der Waals surface area contributed by atoms with Gasteiger partial charge in [0, 0.05) is 23.6 Å². The van der Waals surface area contributed by atoms with E-state index in [1.54, 1.807) is 31.2 Å². The van der Waals surface area contributed by atoms with E-state index in [1.165, 1.54) is 6.92 Å². The van der Waals surface area contributed by atoms with Gasteiger partial charge in [-0.3, -0.25) is 9.59 Å². The lowest BCUT2D eigenvalue weighted by Gasteiger charge is -2.12. The molecule has 1 unspecified atom stereocenters. The lowest BCUT2D eigenvalue weighted by atomic mass is 9.96. The Morgan fingerprint density at radius 3 is 2.29 bits per heavy atom. The van der Waals surface area contributed by atoms with Crippen LogP contribution in [-0.4, -0.2) is 22.0 Å². The molecule has 2 N–H and O–H groups in total. The van der Waals surface area contributed by atoms with Crippen molar-refractivity contribution in [3.8, 4) is 0 Å². The number of rotatable bonds is 4. The molecule has 128 valence electrons. The maximum Gasteiger partial charge on any atom is 0.251 e. The minimum Gasteiger partial charge on any atom is -0.341 e. The summed E-state index contributed by atoms with van der Waals surface area (Å²) in [6.07, 6.45) is 0. The average molecular weight is 330 g/mol. The molecule has 0 aliphatic carbocycles. The van der Waals surface area contributed by atoms with Crippen LogP contribution in [0.5, 0.6) is 0 Å². The molecule has 1 atom stereocenters. The van der Waals surface area contributed by atoms with Gasteiger partial charge in [0.15, 0.2) is 5.82 Å². The van der Waals surface area contributed by atoms with Crippen LogP contribution in [0.25, 0.3) is 0 Å². The van der Waals surface area contributed by atoms with E-state index in [0.29, 0.717) is 23.0 Å². The van der Waals surface area contributed by atoms with Crippen LogP contribution in [0.15, 0.2) is 28.8 Å². The maximum atomic E-state index is 12.3. The number of nitrogens with zero attached hydrogens (tertiary/aromatic N) is 2. The van der Waals surface area contributed by atoms with Crippen LogP contribution in [0.2, 0.25) is 0 Å². The first-order valence-electron chi connectivity index (χ1n) is 7.69. The van der Waals surface area contributed by atoms with E-state index in [2.05, 4.69) is 20.8 Å². The summed E-state index contributed by atoms with van der Waals surface area (Å²) in [5.74, 6) is 0.542. The SMILES string of the molecule is CC(=O)Nc1ccc(C(=O)NC(C)c2nc(C(C)(C)C)no2)cc1. The Bertz CT molecular complexity index is 729. The third-order valence-electron chi connectivity index (χ3n) is 3.30. The second kappa shape index (κ2) is 6.82. The first-order valence-corrected chi connectivity index (χ1v) is 7.69. The molecular formula is C17H22N4O3. The molecule has 1 aromatic carbocycles. The second-order valence-corrected chi connectivity index (χ2v) is 6.66. The first-order chi connectivity index (χ1) is 11.2. The Kier molecular flexibility index (Phi) is 5.02. The number of carbonyl (C=O) groups is 2. The van der Waals surface area contributed by atoms with E-state index >= 15 is 0 Å². The van der Waals surface area contributed by atoms with Crippen molar-refractivity contribution in [3.05, 3.63) is 41.5 Å². The molecule has 0 bridgehead atoms. The van der Waals surface area contributed by atoms with E-state index in [1.807, 2.05) is 20.8 Å².